The van der Waals surface area contributed by atoms with Crippen LogP contribution in [0, 0.1) is 11.8 Å². The molecule has 0 bridgehead atoms. The quantitative estimate of drug-likeness (QED) is 0.719. The zero-order valence-electron chi connectivity index (χ0n) is 9.30. The molecular weight excluding hydrogens is 232 g/mol. The van der Waals surface area contributed by atoms with E-state index in [0.717, 1.165) is 11.0 Å². The molecule has 1 aromatic heterocycles. The maximum atomic E-state index is 10.7. The highest BCUT2D eigenvalue weighted by Crippen LogP contribution is 2.07. The molecule has 1 heterocycles. The monoisotopic (exact) mass is 242 g/mol. The van der Waals surface area contributed by atoms with Crippen molar-refractivity contribution >= 4 is 27.9 Å². The Hall–Kier alpha value is -1.86. The van der Waals surface area contributed by atoms with Gasteiger partial charge in [0.05, 0.1) is 23.0 Å². The van der Waals surface area contributed by atoms with Crippen molar-refractivity contribution in [3.63, 3.8) is 0 Å². The molecule has 1 aromatic carbocycles. The van der Waals surface area contributed by atoms with Gasteiger partial charge in [0, 0.05) is 6.92 Å². The molecule has 0 fully saturated rings. The van der Waals surface area contributed by atoms with Crippen molar-refractivity contribution in [2.45, 2.75) is 6.92 Å². The summed E-state index contributed by atoms with van der Waals surface area (Å²) in [6.07, 6.45) is 1.65. The lowest BCUT2D eigenvalue weighted by Gasteiger charge is -1.95. The van der Waals surface area contributed by atoms with Crippen molar-refractivity contribution in [2.24, 2.45) is 0 Å². The summed E-state index contributed by atoms with van der Waals surface area (Å²) < 4.78 is 0. The molecular formula is C13H10N2OS. The zero-order valence-corrected chi connectivity index (χ0v) is 10.1. The number of hydrogen-bond acceptors (Lipinski definition) is 4. The molecule has 0 radical (unpaired) electrons. The van der Waals surface area contributed by atoms with Crippen molar-refractivity contribution < 1.29 is 4.79 Å². The summed E-state index contributed by atoms with van der Waals surface area (Å²) in [5, 5.41) is 0.0731. The number of para-hydroxylation sites is 2. The van der Waals surface area contributed by atoms with E-state index in [-0.39, 0.29) is 5.12 Å². The number of hydrogen-bond donors (Lipinski definition) is 0. The van der Waals surface area contributed by atoms with Gasteiger partial charge in [-0.2, -0.15) is 0 Å². The fourth-order valence-electron chi connectivity index (χ4n) is 1.28. The first-order valence-corrected chi connectivity index (χ1v) is 6.08. The molecule has 17 heavy (non-hydrogen) atoms. The molecule has 0 spiro atoms. The highest BCUT2D eigenvalue weighted by Gasteiger charge is 1.95. The number of aromatic nitrogens is 2. The molecule has 4 heteroatoms. The molecule has 2 aromatic rings. The number of carbonyl (C=O) groups excluding carboxylic acids is 1. The number of rotatable bonds is 1. The number of benzene rings is 1. The highest BCUT2D eigenvalue weighted by atomic mass is 32.2. The molecule has 0 aliphatic heterocycles. The van der Waals surface area contributed by atoms with Gasteiger partial charge >= 0.3 is 0 Å². The number of thioether (sulfide) groups is 1. The van der Waals surface area contributed by atoms with Crippen LogP contribution in [0.4, 0.5) is 0 Å². The van der Waals surface area contributed by atoms with Crippen LogP contribution in [0.2, 0.25) is 0 Å². The minimum Gasteiger partial charge on any atom is -0.288 e. The van der Waals surface area contributed by atoms with E-state index in [1.165, 1.54) is 18.7 Å². The first kappa shape index (κ1) is 11.6. The number of fused-ring (bicyclic) bond motifs is 1. The third kappa shape index (κ3) is 3.30. The van der Waals surface area contributed by atoms with Crippen LogP contribution in [0.3, 0.4) is 0 Å². The maximum Gasteiger partial charge on any atom is 0.186 e. The molecule has 2 rings (SSSR count). The van der Waals surface area contributed by atoms with E-state index in [4.69, 9.17) is 0 Å². The normalized spacial score (nSPS) is 9.71. The Morgan fingerprint density at radius 3 is 2.88 bits per heavy atom. The Balaban J connectivity index is 2.16. The predicted molar refractivity (Wildman–Crippen MR) is 69.6 cm³/mol. The first-order chi connectivity index (χ1) is 8.25. The topological polar surface area (TPSA) is 42.9 Å². The maximum absolute atomic E-state index is 10.7. The van der Waals surface area contributed by atoms with E-state index in [1.807, 2.05) is 24.3 Å². The van der Waals surface area contributed by atoms with Crippen molar-refractivity contribution in [3.05, 3.63) is 36.2 Å². The average Bonchev–Trinajstić information content (AvgIpc) is 2.34. The third-order valence-corrected chi connectivity index (χ3v) is 2.71. The lowest BCUT2D eigenvalue weighted by atomic mass is 10.3. The minimum atomic E-state index is 0.0731. The second-order valence-corrected chi connectivity index (χ2v) is 4.48. The van der Waals surface area contributed by atoms with Gasteiger partial charge in [0.15, 0.2) is 5.12 Å². The lowest BCUT2D eigenvalue weighted by Crippen LogP contribution is -1.88. The molecule has 0 N–H and O–H groups in total. The number of carbonyl (C=O) groups is 1. The Bertz CT molecular complexity index is 613. The number of nitrogens with zero attached hydrogens (tertiary/aromatic N) is 2. The summed E-state index contributed by atoms with van der Waals surface area (Å²) in [6, 6.07) is 7.65. The Morgan fingerprint density at radius 2 is 2.12 bits per heavy atom. The molecule has 0 amide bonds. The molecule has 3 nitrogen and oxygen atoms in total. The average molecular weight is 242 g/mol. The van der Waals surface area contributed by atoms with Gasteiger partial charge in [-0.1, -0.05) is 29.8 Å². The fourth-order valence-corrected chi connectivity index (χ4v) is 1.63. The van der Waals surface area contributed by atoms with E-state index in [2.05, 4.69) is 21.8 Å². The van der Waals surface area contributed by atoms with Crippen LogP contribution in [0.15, 0.2) is 30.5 Å². The van der Waals surface area contributed by atoms with E-state index < -0.39 is 0 Å². The largest absolute Gasteiger partial charge is 0.288 e. The SMILES string of the molecule is CC(=O)SCC#Cc1cnc2ccccc2n1. The van der Waals surface area contributed by atoms with Crippen molar-refractivity contribution in [1.82, 2.24) is 9.97 Å². The van der Waals surface area contributed by atoms with Crippen molar-refractivity contribution in [2.75, 3.05) is 5.75 Å². The van der Waals surface area contributed by atoms with Gasteiger partial charge in [-0.05, 0) is 18.1 Å². The summed E-state index contributed by atoms with van der Waals surface area (Å²) in [7, 11) is 0. The van der Waals surface area contributed by atoms with Crippen molar-refractivity contribution in [1.29, 1.82) is 0 Å². The Morgan fingerprint density at radius 1 is 1.35 bits per heavy atom. The summed E-state index contributed by atoms with van der Waals surface area (Å²) in [5.74, 6) is 6.27. The standard InChI is InChI=1S/C13H10N2OS/c1-10(16)17-8-4-5-11-9-14-12-6-2-3-7-13(12)15-11/h2-3,6-7,9H,8H2,1H3. The van der Waals surface area contributed by atoms with E-state index in [0.29, 0.717) is 11.4 Å². The Kier molecular flexibility index (Phi) is 3.73. The van der Waals surface area contributed by atoms with Gasteiger partial charge in [0.1, 0.15) is 5.69 Å². The summed E-state index contributed by atoms with van der Waals surface area (Å²) in [4.78, 5) is 19.3. The van der Waals surface area contributed by atoms with Crippen LogP contribution in [-0.4, -0.2) is 20.8 Å². The highest BCUT2D eigenvalue weighted by molar-refractivity contribution is 8.13. The van der Waals surface area contributed by atoms with Gasteiger partial charge in [0.25, 0.3) is 0 Å². The molecule has 0 aliphatic carbocycles. The van der Waals surface area contributed by atoms with Gasteiger partial charge in [-0.15, -0.1) is 0 Å². The van der Waals surface area contributed by atoms with Gasteiger partial charge in [-0.25, -0.2) is 4.98 Å². The summed E-state index contributed by atoms with van der Waals surface area (Å²) in [6.45, 7) is 1.53. The van der Waals surface area contributed by atoms with Gasteiger partial charge in [-0.3, -0.25) is 9.78 Å². The van der Waals surface area contributed by atoms with Crippen LogP contribution < -0.4 is 0 Å². The zero-order chi connectivity index (χ0) is 12.1. The van der Waals surface area contributed by atoms with Crippen molar-refractivity contribution in [3.8, 4) is 11.8 Å². The van der Waals surface area contributed by atoms with Gasteiger partial charge in [0.2, 0.25) is 0 Å². The van der Waals surface area contributed by atoms with Gasteiger partial charge < -0.3 is 0 Å². The van der Waals surface area contributed by atoms with E-state index >= 15 is 0 Å². The summed E-state index contributed by atoms with van der Waals surface area (Å²) >= 11 is 1.19. The van der Waals surface area contributed by atoms with E-state index in [1.54, 1.807) is 6.20 Å². The lowest BCUT2D eigenvalue weighted by molar-refractivity contribution is -0.109. The van der Waals surface area contributed by atoms with E-state index in [9.17, 15) is 4.79 Å². The van der Waals surface area contributed by atoms with Crippen LogP contribution >= 0.6 is 11.8 Å². The van der Waals surface area contributed by atoms with Crippen LogP contribution in [0.25, 0.3) is 11.0 Å². The molecule has 0 atom stereocenters. The fraction of sp³-hybridized carbons (Fsp3) is 0.154. The smallest absolute Gasteiger partial charge is 0.186 e. The van der Waals surface area contributed by atoms with Crippen LogP contribution in [-0.2, 0) is 4.79 Å². The Labute approximate surface area is 104 Å². The third-order valence-electron chi connectivity index (χ3n) is 2.01. The minimum absolute atomic E-state index is 0.0731. The molecule has 0 saturated heterocycles. The first-order valence-electron chi connectivity index (χ1n) is 5.10. The molecule has 0 saturated carbocycles. The second kappa shape index (κ2) is 5.46. The predicted octanol–water partition coefficient (Wildman–Crippen LogP) is 2.26. The molecule has 0 aliphatic rings. The van der Waals surface area contributed by atoms with Crippen LogP contribution in [0.1, 0.15) is 12.6 Å². The second-order valence-electron chi connectivity index (χ2n) is 3.33. The van der Waals surface area contributed by atoms with Crippen LogP contribution in [0.5, 0.6) is 0 Å². The molecule has 84 valence electrons. The summed E-state index contributed by atoms with van der Waals surface area (Å²) in [5.41, 5.74) is 2.32. The molecule has 0 unspecified atom stereocenters.